The Kier molecular flexibility index (Phi) is 12.7. The second-order valence-electron chi connectivity index (χ2n) is 10.3. The maximum Gasteiger partial charge on any atom is 0.321 e. The van der Waals surface area contributed by atoms with Gasteiger partial charge in [0.05, 0.1) is 17.8 Å². The smallest absolute Gasteiger partial charge is 0.321 e. The quantitative estimate of drug-likeness (QED) is 0.258. The molecule has 1 fully saturated rings. The van der Waals surface area contributed by atoms with Crippen LogP contribution in [0.4, 0.5) is 0 Å². The lowest BCUT2D eigenvalue weighted by Gasteiger charge is -2.23. The summed E-state index contributed by atoms with van der Waals surface area (Å²) in [6.07, 6.45) is 5.63. The molecule has 0 saturated heterocycles. The molecule has 0 amide bonds. The number of nitrogens with one attached hydrogen (secondary N) is 1. The summed E-state index contributed by atoms with van der Waals surface area (Å²) in [5, 5.41) is 12.8. The molecule has 9 nitrogen and oxygen atoms in total. The summed E-state index contributed by atoms with van der Waals surface area (Å²) in [7, 11) is 0. The van der Waals surface area contributed by atoms with Crippen LogP contribution in [0, 0.1) is 17.8 Å². The molecular weight excluding hydrogens is 490 g/mol. The summed E-state index contributed by atoms with van der Waals surface area (Å²) in [5.74, 6) is -2.78. The molecule has 0 spiro atoms. The zero-order valence-corrected chi connectivity index (χ0v) is 23.3. The summed E-state index contributed by atoms with van der Waals surface area (Å²) in [6, 6.07) is 3.72. The molecule has 38 heavy (non-hydrogen) atoms. The fraction of sp³-hybridized carbons (Fsp3) is 0.655. The lowest BCUT2D eigenvalue weighted by Crippen LogP contribution is -2.43. The third kappa shape index (κ3) is 9.74. The number of rotatable bonds is 14. The fourth-order valence-electron chi connectivity index (χ4n) is 4.06. The Morgan fingerprint density at radius 2 is 1.50 bits per heavy atom. The van der Waals surface area contributed by atoms with Crippen molar-refractivity contribution in [3.05, 3.63) is 23.8 Å². The SMILES string of the molecule is CCC(C)C(=O)Oc1ccc(C[C@H](NCC(C)OC(=O)C2CCCCC2)C(=O)O)cc1OC(=O)C(C)CC. The molecule has 0 aromatic heterocycles. The Balaban J connectivity index is 2.10. The lowest BCUT2D eigenvalue weighted by molar-refractivity contribution is -0.154. The first-order chi connectivity index (χ1) is 18.0. The molecule has 1 aromatic rings. The van der Waals surface area contributed by atoms with Gasteiger partial charge < -0.3 is 24.6 Å². The lowest BCUT2D eigenvalue weighted by atomic mass is 9.89. The number of benzene rings is 1. The van der Waals surface area contributed by atoms with E-state index in [1.165, 1.54) is 12.1 Å². The molecule has 1 saturated carbocycles. The maximum atomic E-state index is 12.5. The summed E-state index contributed by atoms with van der Waals surface area (Å²) < 4.78 is 16.6. The average Bonchev–Trinajstić information content (AvgIpc) is 2.91. The highest BCUT2D eigenvalue weighted by Gasteiger charge is 2.26. The first-order valence-electron chi connectivity index (χ1n) is 13.8. The van der Waals surface area contributed by atoms with Crippen LogP contribution in [0.25, 0.3) is 0 Å². The van der Waals surface area contributed by atoms with Crippen LogP contribution in [-0.4, -0.2) is 47.7 Å². The molecule has 1 aliphatic carbocycles. The molecule has 4 atom stereocenters. The van der Waals surface area contributed by atoms with Crippen LogP contribution in [0.1, 0.15) is 85.1 Å². The Morgan fingerprint density at radius 3 is 2.05 bits per heavy atom. The second-order valence-corrected chi connectivity index (χ2v) is 10.3. The monoisotopic (exact) mass is 533 g/mol. The van der Waals surface area contributed by atoms with Gasteiger partial charge in [-0.2, -0.15) is 0 Å². The highest BCUT2D eigenvalue weighted by atomic mass is 16.6. The number of carboxylic acids is 1. The van der Waals surface area contributed by atoms with Crippen LogP contribution in [0.15, 0.2) is 18.2 Å². The molecule has 2 N–H and O–H groups in total. The third-order valence-electron chi connectivity index (χ3n) is 7.10. The van der Waals surface area contributed by atoms with Crippen LogP contribution in [-0.2, 0) is 30.3 Å². The first-order valence-corrected chi connectivity index (χ1v) is 13.8. The van der Waals surface area contributed by atoms with Crippen molar-refractivity contribution in [2.45, 2.75) is 98.1 Å². The van der Waals surface area contributed by atoms with Crippen molar-refractivity contribution >= 4 is 23.9 Å². The van der Waals surface area contributed by atoms with Gasteiger partial charge in [-0.1, -0.05) is 53.0 Å². The Bertz CT molecular complexity index is 956. The van der Waals surface area contributed by atoms with Gasteiger partial charge in [0.1, 0.15) is 12.1 Å². The van der Waals surface area contributed by atoms with Gasteiger partial charge in [0.25, 0.3) is 0 Å². The summed E-state index contributed by atoms with van der Waals surface area (Å²) >= 11 is 0. The number of hydrogen-bond acceptors (Lipinski definition) is 8. The van der Waals surface area contributed by atoms with Crippen molar-refractivity contribution in [1.82, 2.24) is 5.32 Å². The van der Waals surface area contributed by atoms with Crippen LogP contribution in [0.5, 0.6) is 11.5 Å². The molecular formula is C29H43NO8. The Hall–Kier alpha value is -2.94. The minimum atomic E-state index is -1.07. The predicted molar refractivity (Wildman–Crippen MR) is 142 cm³/mol. The van der Waals surface area contributed by atoms with Gasteiger partial charge >= 0.3 is 23.9 Å². The largest absolute Gasteiger partial charge is 0.480 e. The molecule has 0 bridgehead atoms. The standard InChI is InChI=1S/C29H43NO8/c1-6-18(3)27(33)37-24-14-13-21(16-25(24)38-28(34)19(4)7-2)15-23(26(31)32)30-17-20(5)36-29(35)22-11-9-8-10-12-22/h13-14,16,18-20,22-23,30H,6-12,15,17H2,1-5H3,(H,31,32)/t18?,19?,20?,23-/m0/s1. The van der Waals surface area contributed by atoms with Gasteiger partial charge in [0.15, 0.2) is 11.5 Å². The molecule has 1 aromatic carbocycles. The third-order valence-corrected chi connectivity index (χ3v) is 7.10. The first kappa shape index (κ1) is 31.3. The van der Waals surface area contributed by atoms with Crippen LogP contribution in [0.2, 0.25) is 0 Å². The molecule has 2 rings (SSSR count). The normalized spacial score (nSPS) is 17.1. The Labute approximate surface area is 225 Å². The molecule has 1 aliphatic rings. The minimum Gasteiger partial charge on any atom is -0.480 e. The van der Waals surface area contributed by atoms with E-state index in [2.05, 4.69) is 5.32 Å². The molecule has 0 heterocycles. The zero-order valence-electron chi connectivity index (χ0n) is 23.3. The highest BCUT2D eigenvalue weighted by molar-refractivity contribution is 5.78. The number of carboxylic acid groups (broad SMARTS) is 1. The zero-order chi connectivity index (χ0) is 28.2. The number of carbonyl (C=O) groups excluding carboxylic acids is 3. The van der Waals surface area contributed by atoms with Gasteiger partial charge in [0, 0.05) is 6.54 Å². The van der Waals surface area contributed by atoms with Gasteiger partial charge in [-0.05, 0) is 56.7 Å². The fourth-order valence-corrected chi connectivity index (χ4v) is 4.06. The van der Waals surface area contributed by atoms with E-state index >= 15 is 0 Å². The topological polar surface area (TPSA) is 128 Å². The number of aliphatic carboxylic acids is 1. The average molecular weight is 534 g/mol. The van der Waals surface area contributed by atoms with Gasteiger partial charge in [-0.15, -0.1) is 0 Å². The van der Waals surface area contributed by atoms with Crippen LogP contribution < -0.4 is 14.8 Å². The van der Waals surface area contributed by atoms with Gasteiger partial charge in [-0.25, -0.2) is 0 Å². The van der Waals surface area contributed by atoms with E-state index in [1.807, 2.05) is 13.8 Å². The predicted octanol–water partition coefficient (Wildman–Crippen LogP) is 4.69. The molecule has 0 radical (unpaired) electrons. The molecule has 9 heteroatoms. The van der Waals surface area contributed by atoms with E-state index in [0.29, 0.717) is 18.4 Å². The van der Waals surface area contributed by atoms with E-state index in [9.17, 15) is 24.3 Å². The van der Waals surface area contributed by atoms with Crippen LogP contribution >= 0.6 is 0 Å². The van der Waals surface area contributed by atoms with E-state index in [1.54, 1.807) is 26.8 Å². The van der Waals surface area contributed by atoms with Gasteiger partial charge in [0.2, 0.25) is 0 Å². The number of hydrogen-bond donors (Lipinski definition) is 2. The van der Waals surface area contributed by atoms with E-state index in [0.717, 1.165) is 32.1 Å². The molecule has 3 unspecified atom stereocenters. The van der Waals surface area contributed by atoms with Crippen molar-refractivity contribution in [1.29, 1.82) is 0 Å². The number of carbonyl (C=O) groups is 4. The maximum absolute atomic E-state index is 12.5. The van der Waals surface area contributed by atoms with E-state index in [-0.39, 0.29) is 48.2 Å². The summed E-state index contributed by atoms with van der Waals surface area (Å²) in [5.41, 5.74) is 0.576. The van der Waals surface area contributed by atoms with Gasteiger partial charge in [-0.3, -0.25) is 19.2 Å². The second kappa shape index (κ2) is 15.5. The molecule has 0 aliphatic heterocycles. The number of ether oxygens (including phenoxy) is 3. The Morgan fingerprint density at radius 1 is 0.921 bits per heavy atom. The van der Waals surface area contributed by atoms with Crippen molar-refractivity contribution in [2.24, 2.45) is 17.8 Å². The van der Waals surface area contributed by atoms with Crippen LogP contribution in [0.3, 0.4) is 0 Å². The van der Waals surface area contributed by atoms with E-state index in [4.69, 9.17) is 14.2 Å². The van der Waals surface area contributed by atoms with Crippen molar-refractivity contribution in [2.75, 3.05) is 6.54 Å². The van der Waals surface area contributed by atoms with Crippen molar-refractivity contribution < 1.29 is 38.5 Å². The summed E-state index contributed by atoms with van der Waals surface area (Å²) in [4.78, 5) is 49.2. The minimum absolute atomic E-state index is 0.0726. The molecule has 212 valence electrons. The van der Waals surface area contributed by atoms with Crippen molar-refractivity contribution in [3.63, 3.8) is 0 Å². The van der Waals surface area contributed by atoms with E-state index < -0.39 is 30.1 Å². The summed E-state index contributed by atoms with van der Waals surface area (Å²) in [6.45, 7) is 9.13. The highest BCUT2D eigenvalue weighted by Crippen LogP contribution is 2.31. The van der Waals surface area contributed by atoms with Crippen molar-refractivity contribution in [3.8, 4) is 11.5 Å². The number of esters is 3.